The zero-order chi connectivity index (χ0) is 14.8. The summed E-state index contributed by atoms with van der Waals surface area (Å²) in [5, 5.41) is 3.79. The Kier molecular flexibility index (Phi) is 4.87. The molecule has 2 heteroatoms. The molecule has 2 nitrogen and oxygen atoms in total. The van der Waals surface area contributed by atoms with Gasteiger partial charge in [-0.05, 0) is 39.2 Å². The number of hydrogen-bond donors (Lipinski definition) is 1. The van der Waals surface area contributed by atoms with Crippen molar-refractivity contribution in [2.75, 3.05) is 13.1 Å². The van der Waals surface area contributed by atoms with Gasteiger partial charge in [0, 0.05) is 30.7 Å². The minimum atomic E-state index is 0.297. The first-order chi connectivity index (χ1) is 9.51. The van der Waals surface area contributed by atoms with E-state index in [2.05, 4.69) is 69.1 Å². The van der Waals surface area contributed by atoms with Crippen LogP contribution < -0.4 is 5.32 Å². The molecule has 1 aliphatic rings. The predicted octanol–water partition coefficient (Wildman–Crippen LogP) is 3.91. The van der Waals surface area contributed by atoms with Crippen molar-refractivity contribution < 1.29 is 0 Å². The maximum absolute atomic E-state index is 3.79. The van der Waals surface area contributed by atoms with Crippen molar-refractivity contribution in [2.24, 2.45) is 0 Å². The van der Waals surface area contributed by atoms with Crippen LogP contribution in [0.3, 0.4) is 0 Å². The summed E-state index contributed by atoms with van der Waals surface area (Å²) in [6, 6.07) is 10.1. The first kappa shape index (κ1) is 15.5. The van der Waals surface area contributed by atoms with Gasteiger partial charge in [0.25, 0.3) is 0 Å². The first-order valence-corrected chi connectivity index (χ1v) is 8.08. The van der Waals surface area contributed by atoms with E-state index in [1.54, 1.807) is 0 Å². The number of hydrogen-bond acceptors (Lipinski definition) is 2. The number of nitrogens with one attached hydrogen (secondary N) is 1. The van der Waals surface area contributed by atoms with E-state index in [-0.39, 0.29) is 0 Å². The number of piperazine rings is 1. The molecule has 1 aliphatic heterocycles. The number of aryl methyl sites for hydroxylation is 1. The van der Waals surface area contributed by atoms with Gasteiger partial charge < -0.3 is 5.32 Å². The topological polar surface area (TPSA) is 15.3 Å². The Hall–Kier alpha value is -0.860. The lowest BCUT2D eigenvalue weighted by atomic mass is 9.87. The zero-order valence-corrected chi connectivity index (χ0v) is 13.7. The molecule has 2 unspecified atom stereocenters. The quantitative estimate of drug-likeness (QED) is 0.895. The van der Waals surface area contributed by atoms with Crippen LogP contribution in [0.2, 0.25) is 0 Å². The van der Waals surface area contributed by atoms with Crippen molar-refractivity contribution in [1.82, 2.24) is 10.2 Å². The Morgan fingerprint density at radius 1 is 1.25 bits per heavy atom. The molecule has 0 bridgehead atoms. The van der Waals surface area contributed by atoms with Gasteiger partial charge in [0.2, 0.25) is 0 Å². The van der Waals surface area contributed by atoms with Gasteiger partial charge in [0.1, 0.15) is 0 Å². The second-order valence-electron chi connectivity index (χ2n) is 6.48. The summed E-state index contributed by atoms with van der Waals surface area (Å²) < 4.78 is 0. The molecule has 1 aromatic rings. The Labute approximate surface area is 124 Å². The minimum absolute atomic E-state index is 0.297. The molecule has 0 aromatic heterocycles. The van der Waals surface area contributed by atoms with Crippen LogP contribution in [0.15, 0.2) is 24.3 Å². The summed E-state index contributed by atoms with van der Waals surface area (Å²) in [7, 11) is 0. The highest BCUT2D eigenvalue weighted by Gasteiger charge is 2.37. The Morgan fingerprint density at radius 2 is 1.85 bits per heavy atom. The molecule has 20 heavy (non-hydrogen) atoms. The molecule has 0 saturated carbocycles. The lowest BCUT2D eigenvalue weighted by molar-refractivity contribution is 0.0496. The van der Waals surface area contributed by atoms with Crippen LogP contribution in [-0.4, -0.2) is 29.6 Å². The van der Waals surface area contributed by atoms with E-state index < -0.39 is 0 Å². The maximum atomic E-state index is 3.79. The second kappa shape index (κ2) is 6.28. The highest BCUT2D eigenvalue weighted by molar-refractivity contribution is 5.24. The van der Waals surface area contributed by atoms with Crippen molar-refractivity contribution >= 4 is 0 Å². The van der Waals surface area contributed by atoms with Crippen LogP contribution in [0.25, 0.3) is 0 Å². The van der Waals surface area contributed by atoms with E-state index in [9.17, 15) is 0 Å². The van der Waals surface area contributed by atoms with Crippen LogP contribution in [0.5, 0.6) is 0 Å². The van der Waals surface area contributed by atoms with E-state index >= 15 is 0 Å². The van der Waals surface area contributed by atoms with Crippen molar-refractivity contribution in [3.63, 3.8) is 0 Å². The van der Waals surface area contributed by atoms with E-state index in [4.69, 9.17) is 0 Å². The summed E-state index contributed by atoms with van der Waals surface area (Å²) in [6.07, 6.45) is 2.40. The van der Waals surface area contributed by atoms with Gasteiger partial charge in [-0.25, -0.2) is 0 Å². The smallest absolute Gasteiger partial charge is 0.0324 e. The van der Waals surface area contributed by atoms with Crippen molar-refractivity contribution in [3.8, 4) is 0 Å². The molecule has 1 N–H and O–H groups in total. The lowest BCUT2D eigenvalue weighted by Crippen LogP contribution is -2.63. The Morgan fingerprint density at radius 3 is 2.40 bits per heavy atom. The van der Waals surface area contributed by atoms with Gasteiger partial charge in [0.05, 0.1) is 0 Å². The lowest BCUT2D eigenvalue weighted by Gasteiger charge is -2.49. The standard InChI is InChI=1S/C18H30N2/c1-6-18(7-2)13-20(15(4)12-19-18)16(5)17-10-8-14(3)9-11-17/h8-11,15-16,19H,6-7,12-13H2,1-5H3. The highest BCUT2D eigenvalue weighted by Crippen LogP contribution is 2.30. The molecule has 112 valence electrons. The SMILES string of the molecule is CCC1(CC)CN(C(C)c2ccc(C)cc2)C(C)CN1. The molecule has 1 fully saturated rings. The monoisotopic (exact) mass is 274 g/mol. The minimum Gasteiger partial charge on any atom is -0.308 e. The van der Waals surface area contributed by atoms with Gasteiger partial charge in [0.15, 0.2) is 0 Å². The van der Waals surface area contributed by atoms with Gasteiger partial charge in [-0.15, -0.1) is 0 Å². The first-order valence-electron chi connectivity index (χ1n) is 8.08. The average Bonchev–Trinajstić information content (AvgIpc) is 2.48. The van der Waals surface area contributed by atoms with Gasteiger partial charge in [-0.2, -0.15) is 0 Å². The number of benzene rings is 1. The van der Waals surface area contributed by atoms with Crippen LogP contribution >= 0.6 is 0 Å². The van der Waals surface area contributed by atoms with Crippen molar-refractivity contribution in [1.29, 1.82) is 0 Å². The third-order valence-electron chi connectivity index (χ3n) is 5.23. The van der Waals surface area contributed by atoms with Crippen molar-refractivity contribution in [2.45, 2.75) is 65.1 Å². The molecular formula is C18H30N2. The highest BCUT2D eigenvalue weighted by atomic mass is 15.3. The summed E-state index contributed by atoms with van der Waals surface area (Å²) in [5.41, 5.74) is 3.07. The predicted molar refractivity (Wildman–Crippen MR) is 87.1 cm³/mol. The van der Waals surface area contributed by atoms with E-state index in [1.165, 1.54) is 24.0 Å². The molecular weight excluding hydrogens is 244 g/mol. The Balaban J connectivity index is 2.18. The second-order valence-corrected chi connectivity index (χ2v) is 6.48. The van der Waals surface area contributed by atoms with Crippen LogP contribution in [0.4, 0.5) is 0 Å². The summed E-state index contributed by atoms with van der Waals surface area (Å²) in [4.78, 5) is 2.67. The van der Waals surface area contributed by atoms with Gasteiger partial charge in [-0.1, -0.05) is 43.7 Å². The van der Waals surface area contributed by atoms with Crippen molar-refractivity contribution in [3.05, 3.63) is 35.4 Å². The molecule has 2 rings (SSSR count). The summed E-state index contributed by atoms with van der Waals surface area (Å²) in [5.74, 6) is 0. The molecule has 1 heterocycles. The third kappa shape index (κ3) is 3.07. The van der Waals surface area contributed by atoms with E-state index in [0.29, 0.717) is 17.6 Å². The van der Waals surface area contributed by atoms with Gasteiger partial charge >= 0.3 is 0 Å². The molecule has 0 spiro atoms. The molecule has 0 radical (unpaired) electrons. The molecule has 1 saturated heterocycles. The Bertz CT molecular complexity index is 420. The molecule has 2 atom stereocenters. The third-order valence-corrected chi connectivity index (χ3v) is 5.23. The van der Waals surface area contributed by atoms with Crippen LogP contribution in [0, 0.1) is 6.92 Å². The summed E-state index contributed by atoms with van der Waals surface area (Å²) >= 11 is 0. The fourth-order valence-corrected chi connectivity index (χ4v) is 3.32. The normalized spacial score (nSPS) is 24.6. The van der Waals surface area contributed by atoms with E-state index in [0.717, 1.165) is 13.1 Å². The average molecular weight is 274 g/mol. The molecule has 1 aromatic carbocycles. The number of rotatable bonds is 4. The van der Waals surface area contributed by atoms with E-state index in [1.807, 2.05) is 0 Å². The molecule has 0 aliphatic carbocycles. The largest absolute Gasteiger partial charge is 0.308 e. The summed E-state index contributed by atoms with van der Waals surface area (Å²) in [6.45, 7) is 13.7. The molecule has 0 amide bonds. The fourth-order valence-electron chi connectivity index (χ4n) is 3.32. The zero-order valence-electron chi connectivity index (χ0n) is 13.7. The van der Waals surface area contributed by atoms with Crippen LogP contribution in [-0.2, 0) is 0 Å². The fraction of sp³-hybridized carbons (Fsp3) is 0.667. The van der Waals surface area contributed by atoms with Crippen LogP contribution in [0.1, 0.15) is 57.7 Å². The van der Waals surface area contributed by atoms with Gasteiger partial charge in [-0.3, -0.25) is 4.90 Å². The maximum Gasteiger partial charge on any atom is 0.0324 e. The number of nitrogens with zero attached hydrogens (tertiary/aromatic N) is 1.